The third-order valence-corrected chi connectivity index (χ3v) is 3.64. The van der Waals surface area contributed by atoms with Crippen molar-refractivity contribution in [3.05, 3.63) is 59.2 Å². The fourth-order valence-corrected chi connectivity index (χ4v) is 2.61. The van der Waals surface area contributed by atoms with Gasteiger partial charge in [-0.2, -0.15) is 13.2 Å². The van der Waals surface area contributed by atoms with Crippen LogP contribution in [-0.2, 0) is 19.0 Å². The molecular weight excluding hydrogens is 279 g/mol. The van der Waals surface area contributed by atoms with E-state index in [9.17, 15) is 13.2 Å². The van der Waals surface area contributed by atoms with E-state index in [2.05, 4.69) is 0 Å². The molecule has 0 fully saturated rings. The fourth-order valence-electron chi connectivity index (χ4n) is 2.61. The van der Waals surface area contributed by atoms with Crippen LogP contribution in [0.3, 0.4) is 0 Å². The zero-order chi connectivity index (χ0) is 15.0. The minimum Gasteiger partial charge on any atom is -0.488 e. The highest BCUT2D eigenvalue weighted by Gasteiger charge is 2.31. The van der Waals surface area contributed by atoms with Crippen molar-refractivity contribution in [1.82, 2.24) is 0 Å². The molecule has 110 valence electrons. The molecule has 1 aliphatic rings. The molecule has 0 spiro atoms. The first-order chi connectivity index (χ1) is 9.93. The van der Waals surface area contributed by atoms with Gasteiger partial charge in [0.1, 0.15) is 11.9 Å². The molecule has 2 aromatic carbocycles. The van der Waals surface area contributed by atoms with E-state index < -0.39 is 11.7 Å². The Morgan fingerprint density at radius 1 is 1.00 bits per heavy atom. The van der Waals surface area contributed by atoms with Crippen molar-refractivity contribution in [2.45, 2.75) is 25.1 Å². The Morgan fingerprint density at radius 2 is 1.62 bits per heavy atom. The minimum absolute atomic E-state index is 0.0146. The number of hydrogen-bond acceptors (Lipinski definition) is 2. The Labute approximate surface area is 120 Å². The average molecular weight is 293 g/mol. The predicted molar refractivity (Wildman–Crippen MR) is 74.1 cm³/mol. The smallest absolute Gasteiger partial charge is 0.416 e. The summed E-state index contributed by atoms with van der Waals surface area (Å²) in [6, 6.07) is 11.2. The van der Waals surface area contributed by atoms with Gasteiger partial charge in [0, 0.05) is 12.8 Å². The normalized spacial score (nSPS) is 15.0. The zero-order valence-electron chi connectivity index (χ0n) is 11.2. The summed E-state index contributed by atoms with van der Waals surface area (Å²) in [6.45, 7) is 0. The Kier molecular flexibility index (Phi) is 3.27. The molecule has 0 amide bonds. The number of halogens is 3. The average Bonchev–Trinajstić information content (AvgIpc) is 2.82. The largest absolute Gasteiger partial charge is 0.488 e. The van der Waals surface area contributed by atoms with E-state index in [-0.39, 0.29) is 11.8 Å². The van der Waals surface area contributed by atoms with Crippen LogP contribution in [0.15, 0.2) is 42.5 Å². The molecule has 0 aliphatic heterocycles. The van der Waals surface area contributed by atoms with E-state index in [1.807, 2.05) is 24.3 Å². The molecular formula is C16H14F3NO. The number of nitrogens with two attached hydrogens (primary N) is 1. The second kappa shape index (κ2) is 4.98. The fraction of sp³-hybridized carbons (Fsp3) is 0.250. The molecule has 2 N–H and O–H groups in total. The second-order valence-corrected chi connectivity index (χ2v) is 5.17. The highest BCUT2D eigenvalue weighted by Crippen LogP contribution is 2.35. The molecule has 3 rings (SSSR count). The Morgan fingerprint density at radius 3 is 2.14 bits per heavy atom. The standard InChI is InChI=1S/C16H14F3NO/c17-16(18,19)12-5-6-15(14(20)9-12)21-13-7-10-3-1-2-4-11(10)8-13/h1-6,9,13H,7-8,20H2. The van der Waals surface area contributed by atoms with Gasteiger partial charge in [-0.05, 0) is 29.3 Å². The van der Waals surface area contributed by atoms with Crippen LogP contribution in [0.4, 0.5) is 18.9 Å². The molecule has 0 aromatic heterocycles. The quantitative estimate of drug-likeness (QED) is 0.854. The van der Waals surface area contributed by atoms with Gasteiger partial charge >= 0.3 is 6.18 Å². The van der Waals surface area contributed by atoms with Crippen molar-refractivity contribution < 1.29 is 17.9 Å². The van der Waals surface area contributed by atoms with E-state index >= 15 is 0 Å². The summed E-state index contributed by atoms with van der Waals surface area (Å²) < 4.78 is 43.5. The van der Waals surface area contributed by atoms with Crippen molar-refractivity contribution in [3.8, 4) is 5.75 Å². The summed E-state index contributed by atoms with van der Waals surface area (Å²) in [7, 11) is 0. The van der Waals surface area contributed by atoms with E-state index in [1.165, 1.54) is 17.2 Å². The van der Waals surface area contributed by atoms with Crippen LogP contribution >= 0.6 is 0 Å². The highest BCUT2D eigenvalue weighted by molar-refractivity contribution is 5.55. The molecule has 21 heavy (non-hydrogen) atoms. The van der Waals surface area contributed by atoms with Crippen LogP contribution in [-0.4, -0.2) is 6.10 Å². The van der Waals surface area contributed by atoms with Crippen molar-refractivity contribution in [2.24, 2.45) is 0 Å². The molecule has 2 nitrogen and oxygen atoms in total. The number of anilines is 1. The maximum atomic E-state index is 12.6. The van der Waals surface area contributed by atoms with Gasteiger partial charge < -0.3 is 10.5 Å². The monoisotopic (exact) mass is 293 g/mol. The Hall–Kier alpha value is -2.17. The summed E-state index contributed by atoms with van der Waals surface area (Å²) in [4.78, 5) is 0. The van der Waals surface area contributed by atoms with Gasteiger partial charge in [0.2, 0.25) is 0 Å². The summed E-state index contributed by atoms with van der Waals surface area (Å²) in [5, 5.41) is 0. The second-order valence-electron chi connectivity index (χ2n) is 5.17. The third-order valence-electron chi connectivity index (χ3n) is 3.64. The zero-order valence-corrected chi connectivity index (χ0v) is 11.2. The molecule has 0 radical (unpaired) electrons. The van der Waals surface area contributed by atoms with E-state index in [0.29, 0.717) is 5.75 Å². The maximum Gasteiger partial charge on any atom is 0.416 e. The molecule has 5 heteroatoms. The van der Waals surface area contributed by atoms with Gasteiger partial charge in [0.05, 0.1) is 11.3 Å². The molecule has 0 atom stereocenters. The highest BCUT2D eigenvalue weighted by atomic mass is 19.4. The summed E-state index contributed by atoms with van der Waals surface area (Å²) in [5.41, 5.74) is 7.36. The first kappa shape index (κ1) is 13.8. The predicted octanol–water partition coefficient (Wildman–Crippen LogP) is 3.83. The number of nitrogen functional groups attached to an aromatic ring is 1. The molecule has 0 unspecified atom stereocenters. The molecule has 2 aromatic rings. The maximum absolute atomic E-state index is 12.6. The van der Waals surface area contributed by atoms with Crippen molar-refractivity contribution in [3.63, 3.8) is 0 Å². The van der Waals surface area contributed by atoms with Crippen LogP contribution in [0.5, 0.6) is 5.75 Å². The summed E-state index contributed by atoms with van der Waals surface area (Å²) >= 11 is 0. The van der Waals surface area contributed by atoms with Crippen LogP contribution in [0.1, 0.15) is 16.7 Å². The van der Waals surface area contributed by atoms with Gasteiger partial charge in [-0.3, -0.25) is 0 Å². The Bertz CT molecular complexity index is 642. The lowest BCUT2D eigenvalue weighted by Crippen LogP contribution is -2.17. The number of benzene rings is 2. The van der Waals surface area contributed by atoms with E-state index in [1.54, 1.807) is 0 Å². The van der Waals surface area contributed by atoms with Crippen molar-refractivity contribution >= 4 is 5.69 Å². The van der Waals surface area contributed by atoms with Gasteiger partial charge in [0.25, 0.3) is 0 Å². The van der Waals surface area contributed by atoms with Crippen molar-refractivity contribution in [2.75, 3.05) is 5.73 Å². The molecule has 0 heterocycles. The molecule has 0 saturated carbocycles. The van der Waals surface area contributed by atoms with Gasteiger partial charge in [-0.1, -0.05) is 24.3 Å². The molecule has 0 saturated heterocycles. The first-order valence-electron chi connectivity index (χ1n) is 6.63. The SMILES string of the molecule is Nc1cc(C(F)(F)F)ccc1OC1Cc2ccccc2C1. The first-order valence-corrected chi connectivity index (χ1v) is 6.63. The molecule has 0 bridgehead atoms. The number of fused-ring (bicyclic) bond motifs is 1. The van der Waals surface area contributed by atoms with Gasteiger partial charge in [0.15, 0.2) is 0 Å². The van der Waals surface area contributed by atoms with Crippen LogP contribution in [0, 0.1) is 0 Å². The Balaban J connectivity index is 1.75. The van der Waals surface area contributed by atoms with Gasteiger partial charge in [-0.15, -0.1) is 0 Å². The third kappa shape index (κ3) is 2.82. The van der Waals surface area contributed by atoms with Crippen molar-refractivity contribution in [1.29, 1.82) is 0 Å². The number of alkyl halides is 3. The number of rotatable bonds is 2. The number of hydrogen-bond donors (Lipinski definition) is 1. The van der Waals surface area contributed by atoms with Crippen LogP contribution in [0.25, 0.3) is 0 Å². The van der Waals surface area contributed by atoms with Gasteiger partial charge in [-0.25, -0.2) is 0 Å². The van der Waals surface area contributed by atoms with Crippen LogP contribution < -0.4 is 10.5 Å². The molecule has 1 aliphatic carbocycles. The number of ether oxygens (including phenoxy) is 1. The summed E-state index contributed by atoms with van der Waals surface area (Å²) in [5.74, 6) is 0.306. The lowest BCUT2D eigenvalue weighted by molar-refractivity contribution is -0.137. The minimum atomic E-state index is -4.39. The van der Waals surface area contributed by atoms with E-state index in [0.717, 1.165) is 25.0 Å². The lowest BCUT2D eigenvalue weighted by atomic mass is 10.1. The summed E-state index contributed by atoms with van der Waals surface area (Å²) in [6.07, 6.45) is -2.98. The van der Waals surface area contributed by atoms with Crippen LogP contribution in [0.2, 0.25) is 0 Å². The van der Waals surface area contributed by atoms with E-state index in [4.69, 9.17) is 10.5 Å². The lowest BCUT2D eigenvalue weighted by Gasteiger charge is -2.16. The topological polar surface area (TPSA) is 35.2 Å².